The molecule has 0 bridgehead atoms. The fourth-order valence-electron chi connectivity index (χ4n) is 2.32. The number of imidazole rings is 1. The van der Waals surface area contributed by atoms with Crippen molar-refractivity contribution in [3.8, 4) is 0 Å². The van der Waals surface area contributed by atoms with E-state index in [1.807, 2.05) is 6.20 Å². The largest absolute Gasteiger partial charge is 0.291 e. The third kappa shape index (κ3) is 2.82. The zero-order valence-electron chi connectivity index (χ0n) is 11.1. The second-order valence-corrected chi connectivity index (χ2v) is 6.64. The van der Waals surface area contributed by atoms with Crippen LogP contribution in [0.1, 0.15) is 24.8 Å². The van der Waals surface area contributed by atoms with Gasteiger partial charge >= 0.3 is 0 Å². The van der Waals surface area contributed by atoms with E-state index in [4.69, 9.17) is 0 Å². The third-order valence-electron chi connectivity index (χ3n) is 3.41. The lowest BCUT2D eigenvalue weighted by Crippen LogP contribution is -2.43. The fraction of sp³-hybridized carbons (Fsp3) is 0.500. The zero-order chi connectivity index (χ0) is 14.0. The van der Waals surface area contributed by atoms with Gasteiger partial charge in [0.25, 0.3) is 10.2 Å². The summed E-state index contributed by atoms with van der Waals surface area (Å²) in [5.41, 5.74) is 0.802. The molecule has 2 aromatic rings. The monoisotopic (exact) mass is 295 g/mol. The Balaban J connectivity index is 1.68. The summed E-state index contributed by atoms with van der Waals surface area (Å²) in [4.78, 5) is 8.20. The van der Waals surface area contributed by atoms with E-state index in [9.17, 15) is 8.42 Å². The van der Waals surface area contributed by atoms with Crippen molar-refractivity contribution in [2.24, 2.45) is 0 Å². The van der Waals surface area contributed by atoms with Gasteiger partial charge in [0, 0.05) is 50.0 Å². The second kappa shape index (κ2) is 5.47. The first kappa shape index (κ1) is 13.5. The van der Waals surface area contributed by atoms with Crippen molar-refractivity contribution in [3.63, 3.8) is 0 Å². The Morgan fingerprint density at radius 1 is 1.20 bits per heavy atom. The molecule has 7 nitrogen and oxygen atoms in total. The summed E-state index contributed by atoms with van der Waals surface area (Å²) in [6.45, 7) is 1.45. The van der Waals surface area contributed by atoms with Crippen LogP contribution in [0.3, 0.4) is 0 Å². The van der Waals surface area contributed by atoms with Gasteiger partial charge in [0.05, 0.1) is 0 Å². The number of hydrogen-bond donors (Lipinski definition) is 1. The molecule has 0 aromatic carbocycles. The van der Waals surface area contributed by atoms with Gasteiger partial charge in [0.2, 0.25) is 5.78 Å². The minimum atomic E-state index is -3.39. The van der Waals surface area contributed by atoms with E-state index in [1.54, 1.807) is 23.0 Å². The smallest absolute Gasteiger partial charge is 0.279 e. The molecule has 3 rings (SSSR count). The summed E-state index contributed by atoms with van der Waals surface area (Å²) in [5.74, 6) is 0.604. The Kier molecular flexibility index (Phi) is 3.68. The van der Waals surface area contributed by atoms with Crippen molar-refractivity contribution in [1.82, 2.24) is 23.4 Å². The van der Waals surface area contributed by atoms with Gasteiger partial charge in [-0.3, -0.25) is 4.40 Å². The SMILES string of the molecule is O=S(=O)(NCc1cnc2nccn2c1)N1CCCCC1. The molecule has 1 saturated heterocycles. The average Bonchev–Trinajstić information content (AvgIpc) is 2.94. The summed E-state index contributed by atoms with van der Waals surface area (Å²) in [7, 11) is -3.39. The maximum atomic E-state index is 12.1. The van der Waals surface area contributed by atoms with Crippen LogP contribution in [-0.4, -0.2) is 40.2 Å². The molecule has 3 heterocycles. The summed E-state index contributed by atoms with van der Waals surface area (Å²) in [6.07, 6.45) is 9.88. The van der Waals surface area contributed by atoms with Crippen molar-refractivity contribution in [3.05, 3.63) is 30.4 Å². The molecule has 0 amide bonds. The van der Waals surface area contributed by atoms with Crippen molar-refractivity contribution >= 4 is 16.0 Å². The summed E-state index contributed by atoms with van der Waals surface area (Å²) in [5, 5.41) is 0. The normalized spacial score (nSPS) is 17.6. The fourth-order valence-corrected chi connectivity index (χ4v) is 3.59. The van der Waals surface area contributed by atoms with Crippen LogP contribution in [0.25, 0.3) is 5.78 Å². The highest BCUT2D eigenvalue weighted by molar-refractivity contribution is 7.87. The van der Waals surface area contributed by atoms with Crippen LogP contribution in [0.2, 0.25) is 0 Å². The first-order valence-electron chi connectivity index (χ1n) is 6.67. The first-order chi connectivity index (χ1) is 9.65. The lowest BCUT2D eigenvalue weighted by Gasteiger charge is -2.25. The van der Waals surface area contributed by atoms with Crippen LogP contribution in [0.4, 0.5) is 0 Å². The van der Waals surface area contributed by atoms with Gasteiger partial charge in [-0.2, -0.15) is 17.4 Å². The number of nitrogens with zero attached hydrogens (tertiary/aromatic N) is 4. The molecular weight excluding hydrogens is 278 g/mol. The van der Waals surface area contributed by atoms with Gasteiger partial charge < -0.3 is 0 Å². The van der Waals surface area contributed by atoms with Gasteiger partial charge in [-0.1, -0.05) is 6.42 Å². The highest BCUT2D eigenvalue weighted by Gasteiger charge is 2.23. The lowest BCUT2D eigenvalue weighted by molar-refractivity contribution is 0.341. The van der Waals surface area contributed by atoms with Gasteiger partial charge in [0.15, 0.2) is 0 Å². The van der Waals surface area contributed by atoms with Crippen molar-refractivity contribution in [1.29, 1.82) is 0 Å². The quantitative estimate of drug-likeness (QED) is 0.893. The van der Waals surface area contributed by atoms with E-state index in [1.165, 1.54) is 4.31 Å². The topological polar surface area (TPSA) is 79.6 Å². The number of rotatable bonds is 4. The second-order valence-electron chi connectivity index (χ2n) is 4.88. The maximum absolute atomic E-state index is 12.1. The Morgan fingerprint density at radius 2 is 2.00 bits per heavy atom. The van der Waals surface area contributed by atoms with E-state index in [0.29, 0.717) is 18.9 Å². The predicted octanol–water partition coefficient (Wildman–Crippen LogP) is 0.550. The van der Waals surface area contributed by atoms with Gasteiger partial charge in [-0.05, 0) is 12.8 Å². The van der Waals surface area contributed by atoms with E-state index in [2.05, 4.69) is 14.7 Å². The number of nitrogens with one attached hydrogen (secondary N) is 1. The first-order valence-corrected chi connectivity index (χ1v) is 8.11. The molecule has 1 N–H and O–H groups in total. The van der Waals surface area contributed by atoms with Crippen LogP contribution in [-0.2, 0) is 16.8 Å². The Labute approximate surface area is 117 Å². The maximum Gasteiger partial charge on any atom is 0.279 e. The molecule has 0 spiro atoms. The Bertz CT molecular complexity index is 691. The summed E-state index contributed by atoms with van der Waals surface area (Å²) < 4.78 is 30.2. The number of piperidine rings is 1. The van der Waals surface area contributed by atoms with Crippen molar-refractivity contribution in [2.75, 3.05) is 13.1 Å². The zero-order valence-corrected chi connectivity index (χ0v) is 11.9. The standard InChI is InChI=1S/C12H17N5O2S/c18-20(19,17-5-2-1-3-6-17)15-9-11-8-14-12-13-4-7-16(12)10-11/h4,7-8,10,15H,1-3,5-6,9H2. The van der Waals surface area contributed by atoms with Crippen molar-refractivity contribution < 1.29 is 8.42 Å². The van der Waals surface area contributed by atoms with Crippen LogP contribution >= 0.6 is 0 Å². The van der Waals surface area contributed by atoms with Crippen molar-refractivity contribution in [2.45, 2.75) is 25.8 Å². The predicted molar refractivity (Wildman–Crippen MR) is 74.2 cm³/mol. The molecule has 0 atom stereocenters. The molecule has 1 fully saturated rings. The van der Waals surface area contributed by atoms with Gasteiger partial charge in [-0.15, -0.1) is 0 Å². The highest BCUT2D eigenvalue weighted by Crippen LogP contribution is 2.12. The molecule has 108 valence electrons. The van der Waals surface area contributed by atoms with Crippen LogP contribution in [0.15, 0.2) is 24.8 Å². The minimum Gasteiger partial charge on any atom is -0.291 e. The Morgan fingerprint density at radius 3 is 2.80 bits per heavy atom. The van der Waals surface area contributed by atoms with Crippen LogP contribution in [0.5, 0.6) is 0 Å². The van der Waals surface area contributed by atoms with E-state index < -0.39 is 10.2 Å². The van der Waals surface area contributed by atoms with Gasteiger partial charge in [-0.25, -0.2) is 9.97 Å². The van der Waals surface area contributed by atoms with E-state index in [-0.39, 0.29) is 6.54 Å². The molecule has 1 aliphatic heterocycles. The molecule has 20 heavy (non-hydrogen) atoms. The Hall–Kier alpha value is -1.51. The molecule has 0 radical (unpaired) electrons. The average molecular weight is 295 g/mol. The number of fused-ring (bicyclic) bond motifs is 1. The molecule has 1 aliphatic rings. The van der Waals surface area contributed by atoms with E-state index in [0.717, 1.165) is 24.8 Å². The molecule has 8 heteroatoms. The molecule has 0 saturated carbocycles. The lowest BCUT2D eigenvalue weighted by atomic mass is 10.2. The molecule has 2 aromatic heterocycles. The number of aromatic nitrogens is 3. The minimum absolute atomic E-state index is 0.236. The third-order valence-corrected chi connectivity index (χ3v) is 4.97. The summed E-state index contributed by atoms with van der Waals surface area (Å²) >= 11 is 0. The highest BCUT2D eigenvalue weighted by atomic mass is 32.2. The molecule has 0 unspecified atom stereocenters. The molecular formula is C12H17N5O2S. The summed E-state index contributed by atoms with van der Waals surface area (Å²) in [6, 6.07) is 0. The number of hydrogen-bond acceptors (Lipinski definition) is 4. The van der Waals surface area contributed by atoms with Gasteiger partial charge in [0.1, 0.15) is 0 Å². The van der Waals surface area contributed by atoms with Crippen LogP contribution < -0.4 is 4.72 Å². The van der Waals surface area contributed by atoms with Crippen LogP contribution in [0, 0.1) is 0 Å². The van der Waals surface area contributed by atoms with E-state index >= 15 is 0 Å². The molecule has 0 aliphatic carbocycles.